The van der Waals surface area contributed by atoms with Gasteiger partial charge >= 0.3 is 6.09 Å². The highest BCUT2D eigenvalue weighted by atomic mass is 16.6. The molecule has 0 bridgehead atoms. The number of aliphatic imine (C=N–C) groups is 1. The first-order valence-corrected chi connectivity index (χ1v) is 10.3. The molecule has 1 aromatic rings. The molecular weight excluding hydrogens is 372 g/mol. The Bertz CT molecular complexity index is 628. The molecule has 1 aliphatic rings. The first-order valence-electron chi connectivity index (χ1n) is 10.3. The smallest absolute Gasteiger partial charge is 0.409 e. The maximum Gasteiger partial charge on any atom is 0.409 e. The molecule has 8 nitrogen and oxygen atoms in total. The van der Waals surface area contributed by atoms with Crippen LogP contribution in [0.5, 0.6) is 5.75 Å². The van der Waals surface area contributed by atoms with Gasteiger partial charge in [-0.05, 0) is 43.9 Å². The molecule has 0 spiro atoms. The number of carbonyl (C=O) groups is 1. The van der Waals surface area contributed by atoms with E-state index in [9.17, 15) is 4.79 Å². The molecule has 1 aliphatic heterocycles. The summed E-state index contributed by atoms with van der Waals surface area (Å²) in [4.78, 5) is 17.8. The number of nitrogens with one attached hydrogen (secondary N) is 2. The van der Waals surface area contributed by atoms with Crippen LogP contribution in [-0.4, -0.2) is 70.0 Å². The molecule has 1 saturated heterocycles. The lowest BCUT2D eigenvalue weighted by atomic mass is 10.1. The van der Waals surface area contributed by atoms with Crippen LogP contribution in [-0.2, 0) is 16.1 Å². The number of amides is 1. The lowest BCUT2D eigenvalue weighted by Crippen LogP contribution is -2.50. The maximum absolute atomic E-state index is 11.8. The van der Waals surface area contributed by atoms with Crippen molar-refractivity contribution >= 4 is 12.1 Å². The summed E-state index contributed by atoms with van der Waals surface area (Å²) in [5, 5.41) is 6.75. The number of hydrogen-bond donors (Lipinski definition) is 2. The van der Waals surface area contributed by atoms with Crippen molar-refractivity contribution in [2.45, 2.75) is 38.8 Å². The summed E-state index contributed by atoms with van der Waals surface area (Å²) in [6, 6.07) is 8.20. The molecular formula is C21H34N4O4. The first-order chi connectivity index (χ1) is 14.2. The number of ether oxygens (including phenoxy) is 3. The van der Waals surface area contributed by atoms with Crippen molar-refractivity contribution in [1.29, 1.82) is 0 Å². The summed E-state index contributed by atoms with van der Waals surface area (Å²) >= 11 is 0. The molecule has 8 heteroatoms. The van der Waals surface area contributed by atoms with Crippen molar-refractivity contribution in [3.63, 3.8) is 0 Å². The van der Waals surface area contributed by atoms with Gasteiger partial charge < -0.3 is 29.7 Å². The Balaban J connectivity index is 1.56. The monoisotopic (exact) mass is 406 g/mol. The molecule has 2 N–H and O–H groups in total. The molecule has 0 aliphatic carbocycles. The number of rotatable bonds is 9. The second-order valence-corrected chi connectivity index (χ2v) is 6.86. The van der Waals surface area contributed by atoms with Crippen molar-refractivity contribution in [1.82, 2.24) is 15.5 Å². The largest absolute Gasteiger partial charge is 0.497 e. The minimum Gasteiger partial charge on any atom is -0.497 e. The minimum atomic E-state index is -0.219. The van der Waals surface area contributed by atoms with Gasteiger partial charge in [0, 0.05) is 39.3 Å². The zero-order valence-corrected chi connectivity index (χ0v) is 17.8. The number of methoxy groups -OCH3 is 1. The molecule has 162 valence electrons. The average Bonchev–Trinajstić information content (AvgIpc) is 2.76. The molecule has 1 heterocycles. The third-order valence-electron chi connectivity index (χ3n) is 4.77. The third-order valence-corrected chi connectivity index (χ3v) is 4.77. The molecule has 2 rings (SSSR count). The Morgan fingerprint density at radius 1 is 1.24 bits per heavy atom. The second-order valence-electron chi connectivity index (χ2n) is 6.86. The van der Waals surface area contributed by atoms with Crippen LogP contribution in [0.4, 0.5) is 4.79 Å². The van der Waals surface area contributed by atoms with E-state index in [0.717, 1.165) is 43.1 Å². The zero-order chi connectivity index (χ0) is 20.9. The normalized spacial score (nSPS) is 15.1. The molecule has 1 aromatic carbocycles. The van der Waals surface area contributed by atoms with Gasteiger partial charge in [-0.3, -0.25) is 4.99 Å². The van der Waals surface area contributed by atoms with Gasteiger partial charge in [0.2, 0.25) is 0 Å². The Labute approximate surface area is 173 Å². The Morgan fingerprint density at radius 2 is 1.97 bits per heavy atom. The summed E-state index contributed by atoms with van der Waals surface area (Å²) in [6.45, 7) is 5.69. The van der Waals surface area contributed by atoms with Crippen LogP contribution in [0.1, 0.15) is 31.7 Å². The first kappa shape index (κ1) is 22.8. The summed E-state index contributed by atoms with van der Waals surface area (Å²) in [7, 11) is 3.43. The predicted octanol–water partition coefficient (Wildman–Crippen LogP) is 2.39. The number of guanidine groups is 1. The van der Waals surface area contributed by atoms with E-state index in [1.54, 1.807) is 19.1 Å². The maximum atomic E-state index is 11.8. The lowest BCUT2D eigenvalue weighted by molar-refractivity contribution is 0.0963. The number of piperidine rings is 1. The fourth-order valence-electron chi connectivity index (χ4n) is 3.10. The van der Waals surface area contributed by atoms with Crippen molar-refractivity contribution in [3.8, 4) is 5.75 Å². The number of nitrogens with zero attached hydrogens (tertiary/aromatic N) is 2. The van der Waals surface area contributed by atoms with Crippen LogP contribution in [0.2, 0.25) is 0 Å². The summed E-state index contributed by atoms with van der Waals surface area (Å²) in [6.07, 6.45) is 2.43. The topological polar surface area (TPSA) is 84.4 Å². The molecule has 1 amide bonds. The lowest BCUT2D eigenvalue weighted by Gasteiger charge is -2.32. The van der Waals surface area contributed by atoms with Gasteiger partial charge in [0.1, 0.15) is 5.75 Å². The Morgan fingerprint density at radius 3 is 2.59 bits per heavy atom. The van der Waals surface area contributed by atoms with Gasteiger partial charge in [-0.2, -0.15) is 0 Å². The van der Waals surface area contributed by atoms with Crippen LogP contribution in [0, 0.1) is 0 Å². The van der Waals surface area contributed by atoms with Gasteiger partial charge in [0.15, 0.2) is 5.96 Å². The van der Waals surface area contributed by atoms with Crippen LogP contribution >= 0.6 is 0 Å². The van der Waals surface area contributed by atoms with Crippen molar-refractivity contribution in [2.24, 2.45) is 4.99 Å². The van der Waals surface area contributed by atoms with E-state index in [1.165, 1.54) is 0 Å². The zero-order valence-electron chi connectivity index (χ0n) is 17.8. The molecule has 0 unspecified atom stereocenters. The predicted molar refractivity (Wildman–Crippen MR) is 113 cm³/mol. The highest BCUT2D eigenvalue weighted by Crippen LogP contribution is 2.12. The van der Waals surface area contributed by atoms with Gasteiger partial charge in [-0.15, -0.1) is 0 Å². The number of hydrogen-bond acceptors (Lipinski definition) is 5. The Kier molecular flexibility index (Phi) is 10.1. The Hall–Kier alpha value is -2.48. The molecule has 0 aromatic heterocycles. The van der Waals surface area contributed by atoms with Gasteiger partial charge in [-0.25, -0.2) is 4.79 Å². The van der Waals surface area contributed by atoms with Crippen LogP contribution in [0.25, 0.3) is 0 Å². The molecule has 29 heavy (non-hydrogen) atoms. The summed E-state index contributed by atoms with van der Waals surface area (Å²) in [5.74, 6) is 1.64. The van der Waals surface area contributed by atoms with E-state index in [0.29, 0.717) is 39.0 Å². The highest BCUT2D eigenvalue weighted by Gasteiger charge is 2.23. The summed E-state index contributed by atoms with van der Waals surface area (Å²) in [5.41, 5.74) is 1.13. The van der Waals surface area contributed by atoms with Gasteiger partial charge in [0.25, 0.3) is 0 Å². The average molecular weight is 407 g/mol. The van der Waals surface area contributed by atoms with Gasteiger partial charge in [-0.1, -0.05) is 12.1 Å². The van der Waals surface area contributed by atoms with E-state index in [-0.39, 0.29) is 6.09 Å². The number of carbonyl (C=O) groups excluding carboxylic acids is 1. The fraction of sp³-hybridized carbons (Fsp3) is 0.619. The SMILES string of the molecule is CCOC(=O)N1CCC(NC(=NC)NCCCOCc2ccc(OC)cc2)CC1. The molecule has 0 radical (unpaired) electrons. The van der Waals surface area contributed by atoms with Crippen LogP contribution in [0.3, 0.4) is 0 Å². The quantitative estimate of drug-likeness (QED) is 0.372. The third kappa shape index (κ3) is 8.19. The van der Waals surface area contributed by atoms with E-state index in [1.807, 2.05) is 31.2 Å². The van der Waals surface area contributed by atoms with E-state index < -0.39 is 0 Å². The number of benzene rings is 1. The highest BCUT2D eigenvalue weighted by molar-refractivity contribution is 5.80. The second kappa shape index (κ2) is 12.9. The van der Waals surface area contributed by atoms with Crippen molar-refractivity contribution in [2.75, 3.05) is 47.0 Å². The molecule has 0 saturated carbocycles. The van der Waals surface area contributed by atoms with Crippen molar-refractivity contribution < 1.29 is 19.0 Å². The summed E-state index contributed by atoms with van der Waals surface area (Å²) < 4.78 is 15.9. The molecule has 1 fully saturated rings. The van der Waals surface area contributed by atoms with E-state index >= 15 is 0 Å². The van der Waals surface area contributed by atoms with Gasteiger partial charge in [0.05, 0.1) is 20.3 Å². The van der Waals surface area contributed by atoms with E-state index in [2.05, 4.69) is 15.6 Å². The fourth-order valence-corrected chi connectivity index (χ4v) is 3.10. The standard InChI is InChI=1S/C21H34N4O4/c1-4-29-21(26)25-13-10-18(11-14-25)24-20(22-2)23-12-5-15-28-16-17-6-8-19(27-3)9-7-17/h6-9,18H,4-5,10-16H2,1-3H3,(H2,22,23,24). The minimum absolute atomic E-state index is 0.219. The van der Waals surface area contributed by atoms with Crippen LogP contribution < -0.4 is 15.4 Å². The van der Waals surface area contributed by atoms with E-state index in [4.69, 9.17) is 14.2 Å². The number of likely N-dealkylation sites (tertiary alicyclic amines) is 1. The van der Waals surface area contributed by atoms with Crippen molar-refractivity contribution in [3.05, 3.63) is 29.8 Å². The van der Waals surface area contributed by atoms with Crippen LogP contribution in [0.15, 0.2) is 29.3 Å². The molecule has 0 atom stereocenters.